The third-order valence-electron chi connectivity index (χ3n) is 1.44. The third-order valence-corrected chi connectivity index (χ3v) is 1.95. The summed E-state index contributed by atoms with van der Waals surface area (Å²) in [6.07, 6.45) is 0. The number of hydrogen-bond donors (Lipinski definition) is 0. The fourth-order valence-electron chi connectivity index (χ4n) is 0.794. The zero-order chi connectivity index (χ0) is 9.14. The first-order valence-electron chi connectivity index (χ1n) is 3.29. The molecule has 2 radical (unpaired) electrons. The quantitative estimate of drug-likeness (QED) is 0.421. The molecule has 0 saturated carbocycles. The van der Waals surface area contributed by atoms with Gasteiger partial charge in [-0.05, 0) is 12.1 Å². The van der Waals surface area contributed by atoms with Crippen molar-refractivity contribution < 1.29 is 9.18 Å². The van der Waals surface area contributed by atoms with Gasteiger partial charge in [0.1, 0.15) is 13.7 Å². The van der Waals surface area contributed by atoms with Crippen molar-refractivity contribution in [1.82, 2.24) is 0 Å². The van der Waals surface area contributed by atoms with E-state index in [1.165, 1.54) is 18.2 Å². The van der Waals surface area contributed by atoms with E-state index in [1.54, 1.807) is 0 Å². The predicted octanol–water partition coefficient (Wildman–Crippen LogP) is 1.20. The molecule has 60 valence electrons. The minimum Gasteiger partial charge on any atom is -0.293 e. The largest absolute Gasteiger partial charge is 0.293 e. The van der Waals surface area contributed by atoms with Gasteiger partial charge in [-0.15, -0.1) is 0 Å². The molecule has 0 aliphatic carbocycles. The Labute approximate surface area is 79.5 Å². The summed E-state index contributed by atoms with van der Waals surface area (Å²) in [7, 11) is 5.27. The van der Waals surface area contributed by atoms with Gasteiger partial charge < -0.3 is 0 Å². The molecule has 0 spiro atoms. The van der Waals surface area contributed by atoms with E-state index in [2.05, 4.69) is 15.9 Å². The number of halogens is 2. The maximum absolute atomic E-state index is 12.6. The van der Waals surface area contributed by atoms with Gasteiger partial charge in [0, 0.05) is 5.56 Å². The second kappa shape index (κ2) is 3.85. The van der Waals surface area contributed by atoms with Crippen LogP contribution in [0.1, 0.15) is 10.4 Å². The van der Waals surface area contributed by atoms with E-state index in [0.29, 0.717) is 5.56 Å². The van der Waals surface area contributed by atoms with Crippen LogP contribution < -0.4 is 5.46 Å². The van der Waals surface area contributed by atoms with Gasteiger partial charge in [0.25, 0.3) is 0 Å². The molecule has 0 aromatic heterocycles. The van der Waals surface area contributed by atoms with Crippen LogP contribution in [0, 0.1) is 5.82 Å². The Hall–Kier alpha value is -0.635. The summed E-state index contributed by atoms with van der Waals surface area (Å²) in [5.41, 5.74) is 0.424. The van der Waals surface area contributed by atoms with E-state index in [9.17, 15) is 9.18 Å². The molecule has 0 atom stereocenters. The molecular weight excluding hydrogens is 222 g/mol. The maximum Gasteiger partial charge on any atom is 0.173 e. The highest BCUT2D eigenvalue weighted by molar-refractivity contribution is 9.09. The molecule has 1 rings (SSSR count). The average molecular weight is 227 g/mol. The van der Waals surface area contributed by atoms with E-state index in [4.69, 9.17) is 7.85 Å². The number of carbonyl (C=O) groups excluding carboxylic acids is 1. The number of ketones is 1. The molecule has 0 bridgehead atoms. The second-order valence-electron chi connectivity index (χ2n) is 2.29. The molecule has 0 N–H and O–H groups in total. The van der Waals surface area contributed by atoms with Crippen molar-refractivity contribution in [3.05, 3.63) is 29.6 Å². The standard InChI is InChI=1S/C8H5BBrFO/c9-6-3-5(8(12)4-10)1-2-7(6)11/h1-3H,4H2. The molecule has 1 aromatic carbocycles. The van der Waals surface area contributed by atoms with Crippen molar-refractivity contribution >= 4 is 35.0 Å². The van der Waals surface area contributed by atoms with Crippen LogP contribution in [0.15, 0.2) is 18.2 Å². The Morgan fingerprint density at radius 1 is 1.58 bits per heavy atom. The fourth-order valence-corrected chi connectivity index (χ4v) is 1.12. The number of hydrogen-bond acceptors (Lipinski definition) is 1. The molecule has 12 heavy (non-hydrogen) atoms. The second-order valence-corrected chi connectivity index (χ2v) is 2.85. The molecule has 0 aliphatic heterocycles. The van der Waals surface area contributed by atoms with Crippen molar-refractivity contribution in [2.75, 3.05) is 5.33 Å². The Morgan fingerprint density at radius 3 is 2.75 bits per heavy atom. The summed E-state index contributed by atoms with van der Waals surface area (Å²) in [4.78, 5) is 11.1. The van der Waals surface area contributed by atoms with Gasteiger partial charge in [-0.1, -0.05) is 27.5 Å². The van der Waals surface area contributed by atoms with E-state index in [0.717, 1.165) is 0 Å². The van der Waals surface area contributed by atoms with Crippen molar-refractivity contribution in [2.45, 2.75) is 0 Å². The summed E-state index contributed by atoms with van der Waals surface area (Å²) >= 11 is 3.01. The molecule has 4 heteroatoms. The molecule has 1 aromatic rings. The zero-order valence-corrected chi connectivity index (χ0v) is 7.77. The third kappa shape index (κ3) is 1.94. The highest BCUT2D eigenvalue weighted by Crippen LogP contribution is 2.02. The fraction of sp³-hybridized carbons (Fsp3) is 0.125. The monoisotopic (exact) mass is 226 g/mol. The Bertz CT molecular complexity index is 314. The van der Waals surface area contributed by atoms with Crippen molar-refractivity contribution in [2.24, 2.45) is 0 Å². The summed E-state index contributed by atoms with van der Waals surface area (Å²) in [6.45, 7) is 0. The smallest absolute Gasteiger partial charge is 0.173 e. The van der Waals surface area contributed by atoms with Gasteiger partial charge in [0.15, 0.2) is 5.78 Å². The van der Waals surface area contributed by atoms with Crippen LogP contribution in [0.3, 0.4) is 0 Å². The first kappa shape index (κ1) is 9.45. The maximum atomic E-state index is 12.6. The van der Waals surface area contributed by atoms with E-state index in [-0.39, 0.29) is 16.6 Å². The number of rotatable bonds is 2. The van der Waals surface area contributed by atoms with Gasteiger partial charge in [-0.2, -0.15) is 0 Å². The van der Waals surface area contributed by atoms with Crippen LogP contribution in [0.4, 0.5) is 4.39 Å². The number of carbonyl (C=O) groups is 1. The molecule has 0 unspecified atom stereocenters. The van der Waals surface area contributed by atoms with Gasteiger partial charge >= 0.3 is 0 Å². The highest BCUT2D eigenvalue weighted by atomic mass is 79.9. The average Bonchev–Trinajstić information content (AvgIpc) is 2.08. The van der Waals surface area contributed by atoms with Gasteiger partial charge in [0.05, 0.1) is 5.33 Å². The molecule has 0 heterocycles. The predicted molar refractivity (Wildman–Crippen MR) is 49.9 cm³/mol. The summed E-state index contributed by atoms with van der Waals surface area (Å²) in [5.74, 6) is -0.608. The number of benzene rings is 1. The van der Waals surface area contributed by atoms with Gasteiger partial charge in [0.2, 0.25) is 0 Å². The number of Topliss-reactive ketones (excluding diaryl/α,β-unsaturated/α-hetero) is 1. The lowest BCUT2D eigenvalue weighted by atomic mass is 9.93. The van der Waals surface area contributed by atoms with Crippen LogP contribution in [-0.2, 0) is 0 Å². The van der Waals surface area contributed by atoms with Crippen LogP contribution >= 0.6 is 15.9 Å². The molecule has 0 saturated heterocycles. The van der Waals surface area contributed by atoms with Crippen LogP contribution in [0.2, 0.25) is 0 Å². The minimum absolute atomic E-state index is 0.00167. The van der Waals surface area contributed by atoms with Gasteiger partial charge in [-0.25, -0.2) is 4.39 Å². The highest BCUT2D eigenvalue weighted by Gasteiger charge is 2.04. The Balaban J connectivity index is 3.05. The van der Waals surface area contributed by atoms with Crippen LogP contribution in [0.5, 0.6) is 0 Å². The lowest BCUT2D eigenvalue weighted by molar-refractivity contribution is 0.102. The SMILES string of the molecule is [B]c1cc(C(=O)CBr)ccc1F. The normalized spacial score (nSPS) is 9.83. The van der Waals surface area contributed by atoms with Crippen LogP contribution in [0.25, 0.3) is 0 Å². The lowest BCUT2D eigenvalue weighted by Gasteiger charge is -1.99. The molecular formula is C8H5BBrFO. The molecule has 1 nitrogen and oxygen atoms in total. The van der Waals surface area contributed by atoms with E-state index < -0.39 is 5.82 Å². The van der Waals surface area contributed by atoms with E-state index in [1.807, 2.05) is 0 Å². The molecule has 0 fully saturated rings. The van der Waals surface area contributed by atoms with Crippen molar-refractivity contribution in [3.8, 4) is 0 Å². The molecule has 0 aliphatic rings. The summed E-state index contributed by atoms with van der Waals surface area (Å²) in [5, 5.41) is 0.220. The lowest BCUT2D eigenvalue weighted by Crippen LogP contribution is -2.12. The zero-order valence-electron chi connectivity index (χ0n) is 6.18. The number of alkyl halides is 1. The Morgan fingerprint density at radius 2 is 2.25 bits per heavy atom. The first-order chi connectivity index (χ1) is 5.65. The summed E-state index contributed by atoms with van der Waals surface area (Å²) < 4.78 is 12.6. The van der Waals surface area contributed by atoms with Crippen LogP contribution in [-0.4, -0.2) is 19.0 Å². The minimum atomic E-state index is -0.499. The topological polar surface area (TPSA) is 17.1 Å². The summed E-state index contributed by atoms with van der Waals surface area (Å²) in [6, 6.07) is 3.93. The van der Waals surface area contributed by atoms with Gasteiger partial charge in [-0.3, -0.25) is 4.79 Å². The first-order valence-corrected chi connectivity index (χ1v) is 4.41. The molecule has 0 amide bonds. The van der Waals surface area contributed by atoms with E-state index >= 15 is 0 Å². The van der Waals surface area contributed by atoms with Crippen molar-refractivity contribution in [1.29, 1.82) is 0 Å². The Kier molecular flexibility index (Phi) is 3.03. The van der Waals surface area contributed by atoms with Crippen molar-refractivity contribution in [3.63, 3.8) is 0 Å².